The monoisotopic (exact) mass is 355 g/mol. The quantitative estimate of drug-likeness (QED) is 0.643. The van der Waals surface area contributed by atoms with Crippen molar-refractivity contribution in [1.82, 2.24) is 4.98 Å². The minimum Gasteiger partial charge on any atom is -0.434 e. The highest BCUT2D eigenvalue weighted by Crippen LogP contribution is 2.40. The van der Waals surface area contributed by atoms with Crippen LogP contribution in [-0.4, -0.2) is 4.98 Å². The van der Waals surface area contributed by atoms with E-state index in [4.69, 9.17) is 39.5 Å². The van der Waals surface area contributed by atoms with Crippen molar-refractivity contribution in [2.24, 2.45) is 0 Å². The van der Waals surface area contributed by atoms with Gasteiger partial charge >= 0.3 is 6.18 Å². The first-order valence-electron chi connectivity index (χ1n) is 5.54. The number of nitrogens with zero attached hydrogens (tertiary/aromatic N) is 1. The highest BCUT2D eigenvalue weighted by atomic mass is 35.5. The van der Waals surface area contributed by atoms with Gasteiger partial charge in [0.25, 0.3) is 0 Å². The normalized spacial score (nSPS) is 11.6. The zero-order valence-electron chi connectivity index (χ0n) is 10.4. The highest BCUT2D eigenvalue weighted by Gasteiger charge is 2.32. The van der Waals surface area contributed by atoms with Crippen molar-refractivity contribution in [3.63, 3.8) is 0 Å². The third-order valence-corrected chi connectivity index (χ3v) is 3.31. The Balaban J connectivity index is 2.37. The molecule has 0 radical (unpaired) electrons. The Morgan fingerprint density at radius 1 is 1.00 bits per heavy atom. The molecule has 0 saturated carbocycles. The van der Waals surface area contributed by atoms with Crippen molar-refractivity contribution in [3.05, 3.63) is 50.6 Å². The molecule has 0 aliphatic carbocycles. The van der Waals surface area contributed by atoms with E-state index in [1.54, 1.807) is 19.1 Å². The third-order valence-electron chi connectivity index (χ3n) is 2.48. The van der Waals surface area contributed by atoms with Gasteiger partial charge in [-0.05, 0) is 30.7 Å². The van der Waals surface area contributed by atoms with Crippen LogP contribution in [0.1, 0.15) is 11.1 Å². The Morgan fingerprint density at radius 3 is 2.05 bits per heavy atom. The van der Waals surface area contributed by atoms with E-state index < -0.39 is 11.7 Å². The SMILES string of the molecule is Cc1cc(Cl)c(Oc2ncc(C(F)(F)F)cc2Cl)c(Cl)c1. The van der Waals surface area contributed by atoms with Crippen molar-refractivity contribution in [2.45, 2.75) is 13.1 Å². The average Bonchev–Trinajstić information content (AvgIpc) is 2.33. The minimum atomic E-state index is -4.53. The largest absolute Gasteiger partial charge is 0.434 e. The molecule has 2 aromatic rings. The molecule has 0 fully saturated rings. The van der Waals surface area contributed by atoms with Crippen LogP contribution in [0.25, 0.3) is 0 Å². The van der Waals surface area contributed by atoms with E-state index in [-0.39, 0.29) is 26.7 Å². The lowest BCUT2D eigenvalue weighted by atomic mass is 10.2. The maximum absolute atomic E-state index is 12.5. The van der Waals surface area contributed by atoms with Gasteiger partial charge in [0.2, 0.25) is 5.88 Å². The summed E-state index contributed by atoms with van der Waals surface area (Å²) in [5, 5.41) is 0.119. The Hall–Kier alpha value is -1.17. The predicted molar refractivity (Wildman–Crippen MR) is 75.5 cm³/mol. The molecule has 112 valence electrons. The van der Waals surface area contributed by atoms with Crippen molar-refractivity contribution in [3.8, 4) is 11.6 Å². The van der Waals surface area contributed by atoms with Gasteiger partial charge in [-0.15, -0.1) is 0 Å². The summed E-state index contributed by atoms with van der Waals surface area (Å²) < 4.78 is 42.9. The maximum atomic E-state index is 12.5. The van der Waals surface area contributed by atoms with E-state index in [9.17, 15) is 13.2 Å². The van der Waals surface area contributed by atoms with Crippen LogP contribution in [0.15, 0.2) is 24.4 Å². The van der Waals surface area contributed by atoms with Gasteiger partial charge < -0.3 is 4.74 Å². The molecule has 21 heavy (non-hydrogen) atoms. The summed E-state index contributed by atoms with van der Waals surface area (Å²) in [7, 11) is 0. The Kier molecular flexibility index (Phi) is 4.56. The second-order valence-corrected chi connectivity index (χ2v) is 5.39. The number of hydrogen-bond donors (Lipinski definition) is 0. The van der Waals surface area contributed by atoms with Crippen LogP contribution < -0.4 is 4.74 Å². The van der Waals surface area contributed by atoms with Gasteiger partial charge in [0.15, 0.2) is 5.75 Å². The topological polar surface area (TPSA) is 22.1 Å². The van der Waals surface area contributed by atoms with Crippen molar-refractivity contribution >= 4 is 34.8 Å². The van der Waals surface area contributed by atoms with E-state index in [1.165, 1.54) is 0 Å². The summed E-state index contributed by atoms with van der Waals surface area (Å²) >= 11 is 17.7. The highest BCUT2D eigenvalue weighted by molar-refractivity contribution is 6.37. The molecule has 1 heterocycles. The number of halogens is 6. The van der Waals surface area contributed by atoms with Crippen molar-refractivity contribution in [2.75, 3.05) is 0 Å². The number of pyridine rings is 1. The van der Waals surface area contributed by atoms with Crippen LogP contribution in [0.4, 0.5) is 13.2 Å². The Labute approximate surface area is 133 Å². The number of aryl methyl sites for hydroxylation is 1. The van der Waals surface area contributed by atoms with Crippen LogP contribution >= 0.6 is 34.8 Å². The zero-order chi connectivity index (χ0) is 15.8. The summed E-state index contributed by atoms with van der Waals surface area (Å²) in [6.45, 7) is 1.78. The maximum Gasteiger partial charge on any atom is 0.417 e. The molecule has 2 nitrogen and oxygen atoms in total. The summed E-state index contributed by atoms with van der Waals surface area (Å²) in [5.41, 5.74) is -0.162. The number of aromatic nitrogens is 1. The van der Waals surface area contributed by atoms with Gasteiger partial charge in [-0.1, -0.05) is 34.8 Å². The number of hydrogen-bond acceptors (Lipinski definition) is 2. The van der Waals surface area contributed by atoms with Crippen molar-refractivity contribution in [1.29, 1.82) is 0 Å². The summed E-state index contributed by atoms with van der Waals surface area (Å²) in [4.78, 5) is 3.55. The van der Waals surface area contributed by atoms with Crippen LogP contribution in [0, 0.1) is 6.92 Å². The first-order chi connectivity index (χ1) is 9.68. The molecule has 0 aliphatic heterocycles. The fourth-order valence-corrected chi connectivity index (χ4v) is 2.41. The lowest BCUT2D eigenvalue weighted by Gasteiger charge is -2.12. The fraction of sp³-hybridized carbons (Fsp3) is 0.154. The molecule has 0 aliphatic rings. The molecule has 0 saturated heterocycles. The van der Waals surface area contributed by atoms with E-state index >= 15 is 0 Å². The molecule has 0 atom stereocenters. The van der Waals surface area contributed by atoms with E-state index in [1.807, 2.05) is 0 Å². The molecule has 8 heteroatoms. The van der Waals surface area contributed by atoms with Crippen LogP contribution in [0.2, 0.25) is 15.1 Å². The predicted octanol–water partition coefficient (Wildman–Crippen LogP) is 6.16. The fourth-order valence-electron chi connectivity index (χ4n) is 1.54. The summed E-state index contributed by atoms with van der Waals surface area (Å²) in [6, 6.07) is 3.92. The van der Waals surface area contributed by atoms with E-state index in [2.05, 4.69) is 4.98 Å². The summed E-state index contributed by atoms with van der Waals surface area (Å²) in [6.07, 6.45) is -3.91. The van der Waals surface area contributed by atoms with Crippen LogP contribution in [0.3, 0.4) is 0 Å². The van der Waals surface area contributed by atoms with Gasteiger partial charge in [-0.3, -0.25) is 0 Å². The first-order valence-corrected chi connectivity index (χ1v) is 6.68. The van der Waals surface area contributed by atoms with Crippen LogP contribution in [0.5, 0.6) is 11.6 Å². The third kappa shape index (κ3) is 3.73. The molecule has 0 bridgehead atoms. The number of rotatable bonds is 2. The lowest BCUT2D eigenvalue weighted by Crippen LogP contribution is -2.05. The smallest absolute Gasteiger partial charge is 0.417 e. The zero-order valence-corrected chi connectivity index (χ0v) is 12.7. The van der Waals surface area contributed by atoms with Crippen LogP contribution in [-0.2, 0) is 6.18 Å². The molecular weight excluding hydrogens is 350 g/mol. The Bertz CT molecular complexity index is 666. The van der Waals surface area contributed by atoms with Gasteiger partial charge in [0, 0.05) is 6.20 Å². The molecule has 0 unspecified atom stereocenters. The molecule has 0 N–H and O–H groups in total. The molecule has 1 aromatic carbocycles. The molecule has 0 amide bonds. The minimum absolute atomic E-state index is 0.0816. The molecule has 1 aromatic heterocycles. The number of ether oxygens (including phenoxy) is 1. The van der Waals surface area contributed by atoms with Gasteiger partial charge in [0.1, 0.15) is 5.02 Å². The average molecular weight is 357 g/mol. The van der Waals surface area contributed by atoms with Gasteiger partial charge in [-0.2, -0.15) is 13.2 Å². The molecular formula is C13H7Cl3F3NO. The standard InChI is InChI=1S/C13H7Cl3F3NO/c1-6-2-8(14)11(9(15)3-6)21-12-10(16)4-7(5-20-12)13(17,18)19/h2-5H,1H3. The number of benzene rings is 1. The van der Waals surface area contributed by atoms with E-state index in [0.29, 0.717) is 6.20 Å². The molecule has 0 spiro atoms. The van der Waals surface area contributed by atoms with Gasteiger partial charge in [0.05, 0.1) is 15.6 Å². The number of alkyl halides is 3. The van der Waals surface area contributed by atoms with E-state index in [0.717, 1.165) is 11.6 Å². The van der Waals surface area contributed by atoms with Crippen molar-refractivity contribution < 1.29 is 17.9 Å². The lowest BCUT2D eigenvalue weighted by molar-refractivity contribution is -0.137. The second-order valence-electron chi connectivity index (χ2n) is 4.17. The summed E-state index contributed by atoms with van der Waals surface area (Å²) in [5.74, 6) is -0.129. The molecule has 2 rings (SSSR count). The Morgan fingerprint density at radius 2 is 1.57 bits per heavy atom. The second kappa shape index (κ2) is 5.91. The van der Waals surface area contributed by atoms with Gasteiger partial charge in [-0.25, -0.2) is 4.98 Å². The first kappa shape index (κ1) is 16.2.